The summed E-state index contributed by atoms with van der Waals surface area (Å²) in [6, 6.07) is 14.8. The van der Waals surface area contributed by atoms with Crippen molar-refractivity contribution >= 4 is 11.8 Å². The predicted octanol–water partition coefficient (Wildman–Crippen LogP) is 4.15. The van der Waals surface area contributed by atoms with Gasteiger partial charge in [0, 0.05) is 11.8 Å². The second-order valence-corrected chi connectivity index (χ2v) is 6.34. The van der Waals surface area contributed by atoms with Gasteiger partial charge in [-0.15, -0.1) is 0 Å². The molecule has 0 atom stereocenters. The van der Waals surface area contributed by atoms with Crippen molar-refractivity contribution in [2.75, 3.05) is 6.61 Å². The molecule has 2 nitrogen and oxygen atoms in total. The number of halogens is 6. The number of hydrogen-bond donors (Lipinski definition) is 1. The monoisotopic (exact) mass is 383 g/mol. The maximum absolute atomic E-state index is 12.6. The quantitative estimate of drug-likeness (QED) is 0.478. The van der Waals surface area contributed by atoms with Crippen molar-refractivity contribution in [3.63, 3.8) is 0 Å². The summed E-state index contributed by atoms with van der Waals surface area (Å²) in [4.78, 5) is 1.75. The van der Waals surface area contributed by atoms with E-state index in [1.54, 1.807) is 0 Å². The highest BCUT2D eigenvalue weighted by Crippen LogP contribution is 2.43. The normalized spacial score (nSPS) is 12.9. The lowest BCUT2D eigenvalue weighted by atomic mass is 10.0. The molecule has 25 heavy (non-hydrogen) atoms. The van der Waals surface area contributed by atoms with Crippen LogP contribution in [0, 0.1) is 0 Å². The summed E-state index contributed by atoms with van der Waals surface area (Å²) in [5.41, 5.74) is -4.93. The van der Waals surface area contributed by atoms with E-state index < -0.39 is 24.6 Å². The van der Waals surface area contributed by atoms with Gasteiger partial charge in [-0.1, -0.05) is 18.2 Å². The van der Waals surface area contributed by atoms with Crippen LogP contribution in [-0.4, -0.2) is 29.7 Å². The fourth-order valence-corrected chi connectivity index (χ4v) is 2.70. The first-order valence-electron chi connectivity index (χ1n) is 6.88. The number of hydrogen-bond acceptors (Lipinski definition) is 2. The summed E-state index contributed by atoms with van der Waals surface area (Å²) in [6.07, 6.45) is -11.8. The van der Waals surface area contributed by atoms with Gasteiger partial charge in [0.25, 0.3) is 5.60 Å². The molecular formula is C16H13F6O2S+. The summed E-state index contributed by atoms with van der Waals surface area (Å²) in [5.74, 6) is -0.209. The number of ether oxygens (including phenoxy) is 1. The van der Waals surface area contributed by atoms with Gasteiger partial charge in [0.2, 0.25) is 0 Å². The van der Waals surface area contributed by atoms with Crippen LogP contribution in [0.25, 0.3) is 0 Å². The average Bonchev–Trinajstić information content (AvgIpc) is 2.53. The molecule has 0 heterocycles. The highest BCUT2D eigenvalue weighted by atomic mass is 32.2. The van der Waals surface area contributed by atoms with E-state index in [1.165, 1.54) is 24.3 Å². The third-order valence-corrected chi connectivity index (χ3v) is 4.35. The third-order valence-electron chi connectivity index (χ3n) is 3.24. The smallest absolute Gasteiger partial charge is 0.429 e. The molecule has 0 saturated carbocycles. The van der Waals surface area contributed by atoms with E-state index in [0.29, 0.717) is 0 Å². The molecule has 0 fully saturated rings. The van der Waals surface area contributed by atoms with Crippen molar-refractivity contribution in [3.8, 4) is 5.75 Å². The van der Waals surface area contributed by atoms with Crippen molar-refractivity contribution in [1.82, 2.24) is 0 Å². The van der Waals surface area contributed by atoms with Crippen molar-refractivity contribution in [2.24, 2.45) is 0 Å². The van der Waals surface area contributed by atoms with Crippen molar-refractivity contribution in [2.45, 2.75) is 27.7 Å². The number of alkyl halides is 6. The zero-order valence-electron chi connectivity index (χ0n) is 12.5. The highest BCUT2D eigenvalue weighted by molar-refractivity contribution is 7.78. The third kappa shape index (κ3) is 4.60. The van der Waals surface area contributed by atoms with Crippen molar-refractivity contribution < 1.29 is 36.2 Å². The van der Waals surface area contributed by atoms with E-state index in [2.05, 4.69) is 4.74 Å². The summed E-state index contributed by atoms with van der Waals surface area (Å²) in [6.45, 7) is -1.98. The molecule has 0 unspecified atom stereocenters. The van der Waals surface area contributed by atoms with E-state index in [4.69, 9.17) is 5.11 Å². The summed E-state index contributed by atoms with van der Waals surface area (Å²) in [5, 5.41) is 9.02. The van der Waals surface area contributed by atoms with E-state index >= 15 is 0 Å². The molecular weight excluding hydrogens is 370 g/mol. The van der Waals surface area contributed by atoms with Gasteiger partial charge in [-0.25, -0.2) is 0 Å². The van der Waals surface area contributed by atoms with Gasteiger partial charge in [0.15, 0.2) is 9.79 Å². The summed E-state index contributed by atoms with van der Waals surface area (Å²) in [7, 11) is 0. The first-order chi connectivity index (χ1) is 11.5. The fraction of sp³-hybridized carbons (Fsp3) is 0.250. The molecule has 0 aromatic heterocycles. The average molecular weight is 383 g/mol. The van der Waals surface area contributed by atoms with E-state index in [1.807, 2.05) is 30.3 Å². The lowest BCUT2D eigenvalue weighted by Gasteiger charge is -2.31. The molecule has 0 bridgehead atoms. The van der Waals surface area contributed by atoms with Crippen molar-refractivity contribution in [1.29, 1.82) is 0 Å². The Morgan fingerprint density at radius 1 is 0.760 bits per heavy atom. The second kappa shape index (κ2) is 7.17. The molecule has 0 aliphatic heterocycles. The van der Waals surface area contributed by atoms with Gasteiger partial charge >= 0.3 is 12.4 Å². The number of benzene rings is 2. The zero-order valence-corrected chi connectivity index (χ0v) is 13.4. The van der Waals surface area contributed by atoms with Crippen molar-refractivity contribution in [3.05, 3.63) is 54.6 Å². The molecule has 136 valence electrons. The Morgan fingerprint density at radius 3 is 1.72 bits per heavy atom. The molecule has 2 aromatic carbocycles. The maximum Gasteiger partial charge on any atom is 0.429 e. The van der Waals surface area contributed by atoms with Crippen LogP contribution in [0.15, 0.2) is 64.4 Å². The second-order valence-electron chi connectivity index (χ2n) is 5.09. The molecule has 0 amide bonds. The molecule has 2 aromatic rings. The number of aliphatic hydroxyl groups is 1. The van der Waals surface area contributed by atoms with Crippen LogP contribution >= 0.6 is 0 Å². The summed E-state index contributed by atoms with van der Waals surface area (Å²) < 4.78 is 79.9. The Bertz CT molecular complexity index is 669. The van der Waals surface area contributed by atoms with Crippen LogP contribution in [0.4, 0.5) is 26.3 Å². The minimum Gasteiger partial charge on any atom is -0.490 e. The largest absolute Gasteiger partial charge is 0.490 e. The zero-order chi connectivity index (χ0) is 18.7. The van der Waals surface area contributed by atoms with Crippen LogP contribution < -0.4 is 4.74 Å². The molecule has 0 aliphatic rings. The predicted molar refractivity (Wildman–Crippen MR) is 80.7 cm³/mol. The lowest BCUT2D eigenvalue weighted by molar-refractivity contribution is -0.373. The molecule has 1 N–H and O–H groups in total. The fourth-order valence-electron chi connectivity index (χ4n) is 1.78. The van der Waals surface area contributed by atoms with Gasteiger partial charge in [-0.2, -0.15) is 26.3 Å². The van der Waals surface area contributed by atoms with E-state index in [-0.39, 0.29) is 5.75 Å². The molecule has 9 heteroatoms. The van der Waals surface area contributed by atoms with Gasteiger partial charge in [0.1, 0.15) is 12.4 Å². The first kappa shape index (κ1) is 19.5. The van der Waals surface area contributed by atoms with Crippen LogP contribution in [-0.2, 0) is 11.8 Å². The van der Waals surface area contributed by atoms with E-state index in [9.17, 15) is 26.3 Å². The molecule has 0 aliphatic carbocycles. The van der Waals surface area contributed by atoms with Crippen LogP contribution in [0.3, 0.4) is 0 Å². The number of thiol groups is 1. The Morgan fingerprint density at radius 2 is 1.24 bits per heavy atom. The van der Waals surface area contributed by atoms with Gasteiger partial charge in [0.05, 0.1) is 0 Å². The molecule has 0 spiro atoms. The van der Waals surface area contributed by atoms with E-state index in [0.717, 1.165) is 21.6 Å². The topological polar surface area (TPSA) is 29.5 Å². The Balaban J connectivity index is 2.06. The first-order valence-corrected chi connectivity index (χ1v) is 7.78. The highest BCUT2D eigenvalue weighted by Gasteiger charge is 2.71. The summed E-state index contributed by atoms with van der Waals surface area (Å²) >= 11 is 0.822. The Kier molecular flexibility index (Phi) is 5.58. The minimum atomic E-state index is -5.91. The van der Waals surface area contributed by atoms with Gasteiger partial charge in [-0.3, -0.25) is 0 Å². The SMILES string of the molecule is OC(COc1ccc([SH+]c2ccccc2)cc1)(C(F)(F)F)C(F)(F)F. The standard InChI is InChI=1S/C16H12F6O2S/c17-15(18,19)14(23,16(20,21)22)10-24-11-6-8-13(9-7-11)25-12-4-2-1-3-5-12/h1-9,23H,10H2/p+1. The van der Waals surface area contributed by atoms with Gasteiger partial charge < -0.3 is 9.84 Å². The lowest BCUT2D eigenvalue weighted by Crippen LogP contribution is -2.60. The minimum absolute atomic E-state index is 0.209. The molecule has 0 saturated heterocycles. The number of rotatable bonds is 5. The van der Waals surface area contributed by atoms with Crippen LogP contribution in [0.5, 0.6) is 5.75 Å². The Hall–Kier alpha value is -1.87. The van der Waals surface area contributed by atoms with Crippen LogP contribution in [0.1, 0.15) is 0 Å². The van der Waals surface area contributed by atoms with Crippen LogP contribution in [0.2, 0.25) is 0 Å². The Labute approximate surface area is 143 Å². The maximum atomic E-state index is 12.6. The van der Waals surface area contributed by atoms with Gasteiger partial charge in [-0.05, 0) is 36.4 Å². The molecule has 2 rings (SSSR count). The molecule has 0 radical (unpaired) electrons.